The quantitative estimate of drug-likeness (QED) is 0.582. The van der Waals surface area contributed by atoms with Crippen molar-refractivity contribution in [2.75, 3.05) is 14.2 Å². The van der Waals surface area contributed by atoms with Crippen molar-refractivity contribution in [1.29, 1.82) is 0 Å². The second-order valence-corrected chi connectivity index (χ2v) is 12.6. The molecule has 0 bridgehead atoms. The van der Waals surface area contributed by atoms with E-state index in [4.69, 9.17) is 8.85 Å². The van der Waals surface area contributed by atoms with Crippen LogP contribution in [-0.4, -0.2) is 32.3 Å². The zero-order valence-electron chi connectivity index (χ0n) is 16.8. The number of rotatable bonds is 6. The zero-order chi connectivity index (χ0) is 19.5. The molecule has 3 rings (SSSR count). The summed E-state index contributed by atoms with van der Waals surface area (Å²) in [5.74, 6) is 0. The standard InChI is InChI=1S/C14H16OSi.C9H14OSi/c1-15-16-14(12-8-4-2-5-9-12)13-10-6-3-7-11-13;1-10-11(2,3)9-7-5-4-6-8-9/h2-11,14H,16H2,1H3;4-8H,1-3H3. The van der Waals surface area contributed by atoms with Gasteiger partial charge in [-0.2, -0.15) is 0 Å². The van der Waals surface area contributed by atoms with Crippen LogP contribution in [0, 0.1) is 0 Å². The van der Waals surface area contributed by atoms with Crippen LogP contribution in [0.1, 0.15) is 16.7 Å². The van der Waals surface area contributed by atoms with E-state index in [1.165, 1.54) is 16.3 Å². The highest BCUT2D eigenvalue weighted by Crippen LogP contribution is 2.23. The van der Waals surface area contributed by atoms with Crippen molar-refractivity contribution in [3.05, 3.63) is 102 Å². The van der Waals surface area contributed by atoms with Crippen molar-refractivity contribution in [2.24, 2.45) is 0 Å². The van der Waals surface area contributed by atoms with E-state index in [0.29, 0.717) is 5.54 Å². The summed E-state index contributed by atoms with van der Waals surface area (Å²) in [7, 11) is 1.49. The van der Waals surface area contributed by atoms with Gasteiger partial charge in [-0.15, -0.1) is 0 Å². The van der Waals surface area contributed by atoms with Crippen LogP contribution in [0.5, 0.6) is 0 Å². The fraction of sp³-hybridized carbons (Fsp3) is 0.217. The molecular formula is C23H30O2Si2. The monoisotopic (exact) mass is 394 g/mol. The molecule has 0 saturated heterocycles. The molecule has 0 spiro atoms. The summed E-state index contributed by atoms with van der Waals surface area (Å²) in [6.07, 6.45) is 0. The van der Waals surface area contributed by atoms with E-state index in [-0.39, 0.29) is 0 Å². The van der Waals surface area contributed by atoms with Gasteiger partial charge >= 0.3 is 0 Å². The molecule has 2 nitrogen and oxygen atoms in total. The first kappa shape index (κ1) is 21.3. The van der Waals surface area contributed by atoms with Crippen LogP contribution in [0.25, 0.3) is 0 Å². The maximum atomic E-state index is 5.46. The summed E-state index contributed by atoms with van der Waals surface area (Å²) in [4.78, 5) is 0. The smallest absolute Gasteiger partial charge is 0.217 e. The van der Waals surface area contributed by atoms with Gasteiger partial charge in [0.05, 0.1) is 0 Å². The predicted molar refractivity (Wildman–Crippen MR) is 121 cm³/mol. The highest BCUT2D eigenvalue weighted by molar-refractivity contribution is 6.84. The lowest BCUT2D eigenvalue weighted by molar-refractivity contribution is 0.416. The summed E-state index contributed by atoms with van der Waals surface area (Å²) in [6.45, 7) is 4.39. The Morgan fingerprint density at radius 3 is 1.44 bits per heavy atom. The minimum atomic E-state index is -1.55. The molecule has 3 aromatic rings. The summed E-state index contributed by atoms with van der Waals surface area (Å²) in [6, 6.07) is 31.6. The van der Waals surface area contributed by atoms with E-state index in [1.807, 2.05) is 13.2 Å². The highest BCUT2D eigenvalue weighted by atomic mass is 28.4. The van der Waals surface area contributed by atoms with Crippen molar-refractivity contribution in [2.45, 2.75) is 18.6 Å². The molecule has 0 aliphatic carbocycles. The lowest BCUT2D eigenvalue weighted by Crippen LogP contribution is -2.43. The van der Waals surface area contributed by atoms with Gasteiger partial charge in [0.1, 0.15) is 0 Å². The third kappa shape index (κ3) is 6.59. The van der Waals surface area contributed by atoms with Crippen LogP contribution < -0.4 is 5.19 Å². The van der Waals surface area contributed by atoms with E-state index in [9.17, 15) is 0 Å². The molecule has 27 heavy (non-hydrogen) atoms. The van der Waals surface area contributed by atoms with Crippen LogP contribution in [0.3, 0.4) is 0 Å². The van der Waals surface area contributed by atoms with Gasteiger partial charge in [-0.25, -0.2) is 0 Å². The molecule has 0 radical (unpaired) electrons. The first-order valence-electron chi connectivity index (χ1n) is 9.28. The zero-order valence-corrected chi connectivity index (χ0v) is 19.2. The lowest BCUT2D eigenvalue weighted by Gasteiger charge is -2.19. The summed E-state index contributed by atoms with van der Waals surface area (Å²) >= 11 is 0. The van der Waals surface area contributed by atoms with Crippen molar-refractivity contribution in [3.8, 4) is 0 Å². The van der Waals surface area contributed by atoms with Crippen molar-refractivity contribution >= 4 is 23.3 Å². The number of benzene rings is 3. The molecule has 0 aliphatic rings. The normalized spacial score (nSPS) is 11.4. The largest absolute Gasteiger partial charge is 0.426 e. The average Bonchev–Trinajstić information content (AvgIpc) is 2.74. The molecule has 0 unspecified atom stereocenters. The molecule has 4 heteroatoms. The Hall–Kier alpha value is -1.99. The third-order valence-corrected chi connectivity index (χ3v) is 9.07. The van der Waals surface area contributed by atoms with Gasteiger partial charge in [-0.05, 0) is 29.4 Å². The van der Waals surface area contributed by atoms with Crippen LogP contribution in [0.15, 0.2) is 91.0 Å². The Kier molecular flexibility index (Phi) is 8.68. The summed E-state index contributed by atoms with van der Waals surface area (Å²) in [5, 5.41) is 1.35. The second-order valence-electron chi connectivity index (χ2n) is 6.91. The first-order valence-corrected chi connectivity index (χ1v) is 13.6. The molecule has 0 saturated carbocycles. The maximum absolute atomic E-state index is 5.46. The van der Waals surface area contributed by atoms with Gasteiger partial charge in [0, 0.05) is 19.8 Å². The van der Waals surface area contributed by atoms with Crippen molar-refractivity contribution in [3.63, 3.8) is 0 Å². The average molecular weight is 395 g/mol. The molecule has 0 N–H and O–H groups in total. The Bertz CT molecular complexity index is 723. The van der Waals surface area contributed by atoms with Gasteiger partial charge in [0.2, 0.25) is 8.32 Å². The van der Waals surface area contributed by atoms with Crippen LogP contribution in [0.2, 0.25) is 13.1 Å². The lowest BCUT2D eigenvalue weighted by atomic mass is 10.0. The first-order chi connectivity index (χ1) is 13.1. The summed E-state index contributed by atoms with van der Waals surface area (Å²) in [5.41, 5.74) is 3.19. The highest BCUT2D eigenvalue weighted by Gasteiger charge is 2.22. The van der Waals surface area contributed by atoms with Gasteiger partial charge in [-0.3, -0.25) is 0 Å². The van der Waals surface area contributed by atoms with E-state index < -0.39 is 18.1 Å². The fourth-order valence-electron chi connectivity index (χ4n) is 2.88. The summed E-state index contributed by atoms with van der Waals surface area (Å²) < 4.78 is 10.9. The van der Waals surface area contributed by atoms with E-state index in [0.717, 1.165) is 0 Å². The minimum absolute atomic E-state index is 0.465. The topological polar surface area (TPSA) is 18.5 Å². The van der Waals surface area contributed by atoms with Crippen molar-refractivity contribution < 1.29 is 8.85 Å². The SMILES string of the molecule is CO[SiH2]C(c1ccccc1)c1ccccc1.CO[Si](C)(C)c1ccccc1. The van der Waals surface area contributed by atoms with Crippen LogP contribution >= 0.6 is 0 Å². The Labute approximate surface area is 167 Å². The van der Waals surface area contributed by atoms with Crippen molar-refractivity contribution in [1.82, 2.24) is 0 Å². The number of hydrogen-bond acceptors (Lipinski definition) is 2. The third-order valence-electron chi connectivity index (χ3n) is 4.72. The van der Waals surface area contributed by atoms with E-state index in [2.05, 4.69) is 98.0 Å². The van der Waals surface area contributed by atoms with Gasteiger partial charge < -0.3 is 8.85 Å². The molecule has 0 heterocycles. The second kappa shape index (κ2) is 11.0. The fourth-order valence-corrected chi connectivity index (χ4v) is 5.37. The van der Waals surface area contributed by atoms with Gasteiger partial charge in [-0.1, -0.05) is 91.0 Å². The van der Waals surface area contributed by atoms with Gasteiger partial charge in [0.25, 0.3) is 0 Å². The molecule has 3 aromatic carbocycles. The molecule has 0 atom stereocenters. The predicted octanol–water partition coefficient (Wildman–Crippen LogP) is 4.25. The molecular weight excluding hydrogens is 364 g/mol. The Morgan fingerprint density at radius 2 is 1.07 bits per heavy atom. The van der Waals surface area contributed by atoms with Gasteiger partial charge in [0.15, 0.2) is 9.76 Å². The Balaban J connectivity index is 0.000000208. The molecule has 0 fully saturated rings. The van der Waals surface area contributed by atoms with E-state index in [1.54, 1.807) is 7.11 Å². The minimum Gasteiger partial charge on any atom is -0.426 e. The molecule has 0 amide bonds. The molecule has 0 aromatic heterocycles. The van der Waals surface area contributed by atoms with Crippen LogP contribution in [0.4, 0.5) is 0 Å². The maximum Gasteiger partial charge on any atom is 0.217 e. The molecule has 142 valence electrons. The van der Waals surface area contributed by atoms with Crippen LogP contribution in [-0.2, 0) is 8.85 Å². The van der Waals surface area contributed by atoms with E-state index >= 15 is 0 Å². The molecule has 0 aliphatic heterocycles. The Morgan fingerprint density at radius 1 is 0.667 bits per heavy atom. The number of hydrogen-bond donors (Lipinski definition) is 0.